The lowest BCUT2D eigenvalue weighted by Gasteiger charge is -2.29. The molecule has 5 N–H and O–H groups in total. The van der Waals surface area contributed by atoms with Crippen molar-refractivity contribution in [3.8, 4) is 0 Å². The van der Waals surface area contributed by atoms with Gasteiger partial charge in [-0.2, -0.15) is 26.3 Å². The van der Waals surface area contributed by atoms with Gasteiger partial charge in [-0.25, -0.2) is 38.1 Å². The van der Waals surface area contributed by atoms with Gasteiger partial charge in [0.05, 0.1) is 44.1 Å². The maximum atomic E-state index is 13.9. The third-order valence-corrected chi connectivity index (χ3v) is 22.1. The number of rotatable bonds is 15. The van der Waals surface area contributed by atoms with Crippen LogP contribution in [0.5, 0.6) is 0 Å². The topological polar surface area (TPSA) is 416 Å². The first-order chi connectivity index (χ1) is 61.7. The number of amides is 5. The summed E-state index contributed by atoms with van der Waals surface area (Å²) in [5.74, 6) is -3.10. The Balaban J connectivity index is 0.000000158. The molecule has 10 heterocycles. The fraction of sp³-hybridized carbons (Fsp3) is 0.348. The average molecular weight is 1820 g/mol. The van der Waals surface area contributed by atoms with Crippen LogP contribution in [0.2, 0.25) is 0 Å². The van der Waals surface area contributed by atoms with Crippen LogP contribution in [0.25, 0.3) is 0 Å². The first-order valence-corrected chi connectivity index (χ1v) is 41.4. The number of benzene rings is 5. The molecule has 686 valence electrons. The second kappa shape index (κ2) is 40.9. The van der Waals surface area contributed by atoms with Crippen LogP contribution in [0.3, 0.4) is 0 Å². The molecule has 30 nitrogen and oxygen atoms in total. The van der Waals surface area contributed by atoms with Crippen LogP contribution in [0, 0.1) is 86.7 Å². The smallest absolute Gasteiger partial charge is 0.311 e. The number of aromatic amines is 5. The van der Waals surface area contributed by atoms with Crippen LogP contribution in [0.15, 0.2) is 115 Å². The Labute approximate surface area is 740 Å². The van der Waals surface area contributed by atoms with Gasteiger partial charge in [-0.15, -0.1) is 0 Å². The first-order valence-electron chi connectivity index (χ1n) is 41.4. The van der Waals surface area contributed by atoms with Gasteiger partial charge in [-0.05, 0) is 172 Å². The van der Waals surface area contributed by atoms with Gasteiger partial charge in [0, 0.05) is 137 Å². The van der Waals surface area contributed by atoms with Gasteiger partial charge >= 0.3 is 12.4 Å². The summed E-state index contributed by atoms with van der Waals surface area (Å²) in [6, 6.07) is 24.0. The quantitative estimate of drug-likeness (QED) is 0.0596. The zero-order valence-corrected chi connectivity index (χ0v) is 72.8. The Hall–Kier alpha value is -14.4. The van der Waals surface area contributed by atoms with Crippen LogP contribution in [-0.4, -0.2) is 141 Å². The van der Waals surface area contributed by atoms with Gasteiger partial charge in [0.15, 0.2) is 40.3 Å². The molecule has 0 unspecified atom stereocenters. The second-order valence-electron chi connectivity index (χ2n) is 32.0. The van der Waals surface area contributed by atoms with E-state index in [4.69, 9.17) is 0 Å². The molecule has 131 heavy (non-hydrogen) atoms. The number of hydrogen-bond donors (Lipinski definition) is 5. The number of hydrogen-bond acceptors (Lipinski definition) is 20. The standard InChI is InChI=1S/C19H20FN3O3.C19H21N3O3.C18H15F4N3O3.C18H16F3N3O3.C18H18FN3O3/c1-10-6-17-13(8-16(10)20)7-14(24)9-23(17)18(25)5-4-15-11(2)21-12(3)22-19(15)26;1-11-4-6-17-14(8-11)9-15(23)10-22(17)18(24)7-5-16-12(2)20-13(3)21-19(16)25;1-9-23-16(18(20,21)22)11(17(28)24-9)5-6-15(27)25-8-10(26)7-12-13(19)3-2-4-14(12)25;1-10-22-16(18(19,20)21)13(17(27)23-10)6-7-15(26)24-9-12(25)8-11-4-2-3-5-14(11)24;1-10-13(18(25)21-11(2)20-10)6-7-17(24)22-9-12(23)8-14-15(19)4-3-5-16(14)22/h6,8H,4-5,7,9H2,1-3H3,(H,21,22,26);4,6,8H,5,7,9-10H2,1-3H3,(H,20,21,25);2-4H,5-8H2,1H3,(H,23,24,28);2-5H,6-9H2,1H3,(H,22,23,27);3-5H,6-9H2,1-2H3,(H,20,21,25). The molecule has 5 aromatic heterocycles. The molecule has 5 aliphatic heterocycles. The van der Waals surface area contributed by atoms with E-state index in [0.29, 0.717) is 97.8 Å². The van der Waals surface area contributed by atoms with Gasteiger partial charge < -0.3 is 49.4 Å². The van der Waals surface area contributed by atoms with Crippen molar-refractivity contribution in [1.82, 2.24) is 49.8 Å². The van der Waals surface area contributed by atoms with E-state index in [2.05, 4.69) is 49.8 Å². The Bertz CT molecular complexity index is 6590. The van der Waals surface area contributed by atoms with E-state index in [9.17, 15) is 111 Å². The number of aryl methyl sites for hydroxylation is 10. The first kappa shape index (κ1) is 97.2. The maximum absolute atomic E-state index is 13.9. The van der Waals surface area contributed by atoms with Crippen LogP contribution in [0.1, 0.15) is 156 Å². The number of Topliss-reactive ketones (excluding diaryl/α,β-unsaturated/α-hetero) is 5. The molecule has 0 fully saturated rings. The Morgan fingerprint density at radius 3 is 0.962 bits per heavy atom. The van der Waals surface area contributed by atoms with Crippen molar-refractivity contribution in [2.45, 2.75) is 178 Å². The molecular formula is C92H90F9N15O15. The monoisotopic (exact) mass is 1820 g/mol. The summed E-state index contributed by atoms with van der Waals surface area (Å²) in [5, 5.41) is 0. The van der Waals surface area contributed by atoms with Crippen molar-refractivity contribution in [2.24, 2.45) is 0 Å². The number of halogens is 9. The van der Waals surface area contributed by atoms with Crippen LogP contribution < -0.4 is 52.3 Å². The van der Waals surface area contributed by atoms with Gasteiger partial charge in [-0.3, -0.25) is 71.9 Å². The summed E-state index contributed by atoms with van der Waals surface area (Å²) in [5.41, 5.74) is 3.19. The highest BCUT2D eigenvalue weighted by molar-refractivity contribution is 6.07. The van der Waals surface area contributed by atoms with Crippen LogP contribution in [0.4, 0.5) is 68.0 Å². The lowest BCUT2D eigenvalue weighted by molar-refractivity contribution is -0.143. The number of nitrogens with zero attached hydrogens (tertiary/aromatic N) is 10. The van der Waals surface area contributed by atoms with Crippen LogP contribution >= 0.6 is 0 Å². The highest BCUT2D eigenvalue weighted by Gasteiger charge is 2.41. The van der Waals surface area contributed by atoms with Crippen molar-refractivity contribution < 1.29 is 87.5 Å². The van der Waals surface area contributed by atoms with E-state index in [1.165, 1.54) is 63.8 Å². The van der Waals surface area contributed by atoms with Gasteiger partial charge in [0.25, 0.3) is 27.8 Å². The summed E-state index contributed by atoms with van der Waals surface area (Å²) < 4.78 is 121. The fourth-order valence-electron chi connectivity index (χ4n) is 15.9. The molecule has 0 radical (unpaired) electrons. The largest absolute Gasteiger partial charge is 0.433 e. The predicted molar refractivity (Wildman–Crippen MR) is 461 cm³/mol. The Morgan fingerprint density at radius 1 is 0.313 bits per heavy atom. The lowest BCUT2D eigenvalue weighted by atomic mass is 9.98. The molecule has 10 aromatic rings. The molecule has 15 rings (SSSR count). The number of H-pyrrole nitrogens is 5. The second-order valence-corrected chi connectivity index (χ2v) is 32.0. The minimum atomic E-state index is -4.85. The number of alkyl halides is 6. The van der Waals surface area contributed by atoms with E-state index < -0.39 is 100 Å². The molecular weight excluding hydrogens is 1730 g/mol. The molecule has 5 aliphatic rings. The highest BCUT2D eigenvalue weighted by Crippen LogP contribution is 2.37. The van der Waals surface area contributed by atoms with Crippen molar-refractivity contribution in [1.29, 1.82) is 0 Å². The maximum Gasteiger partial charge on any atom is 0.433 e. The van der Waals surface area contributed by atoms with E-state index in [-0.39, 0.29) is 183 Å². The molecule has 0 bridgehead atoms. The summed E-state index contributed by atoms with van der Waals surface area (Å²) in [4.78, 5) is 221. The van der Waals surface area contributed by atoms with E-state index >= 15 is 0 Å². The molecule has 5 aromatic carbocycles. The molecule has 0 saturated heterocycles. The number of carbonyl (C=O) groups is 10. The van der Waals surface area contributed by atoms with Gasteiger partial charge in [0.2, 0.25) is 29.5 Å². The third kappa shape index (κ3) is 23.7. The summed E-state index contributed by atoms with van der Waals surface area (Å²) in [6.07, 6.45) is -9.89. The highest BCUT2D eigenvalue weighted by atomic mass is 19.4. The number of aromatic nitrogens is 10. The average Bonchev–Trinajstić information content (AvgIpc) is 0.793. The molecule has 0 spiro atoms. The summed E-state index contributed by atoms with van der Waals surface area (Å²) in [6.45, 7) is 15.9. The minimum Gasteiger partial charge on any atom is -0.311 e. The zero-order chi connectivity index (χ0) is 95.7. The molecule has 5 amide bonds. The van der Waals surface area contributed by atoms with Crippen molar-refractivity contribution in [2.75, 3.05) is 57.2 Å². The summed E-state index contributed by atoms with van der Waals surface area (Å²) >= 11 is 0. The summed E-state index contributed by atoms with van der Waals surface area (Å²) in [7, 11) is 0. The number of carbonyl (C=O) groups excluding carboxylic acids is 10. The lowest BCUT2D eigenvalue weighted by Crippen LogP contribution is -2.41. The van der Waals surface area contributed by atoms with Crippen molar-refractivity contribution in [3.63, 3.8) is 0 Å². The fourth-order valence-corrected chi connectivity index (χ4v) is 15.9. The molecule has 0 atom stereocenters. The van der Waals surface area contributed by atoms with E-state index in [0.717, 1.165) is 27.8 Å². The number of anilines is 5. The van der Waals surface area contributed by atoms with Crippen molar-refractivity contribution >= 4 is 86.9 Å². The number of fused-ring (bicyclic) bond motifs is 5. The number of nitrogens with one attached hydrogen (secondary N) is 5. The number of para-hydroxylation sites is 1. The van der Waals surface area contributed by atoms with Crippen LogP contribution in [-0.2, 0) is 125 Å². The van der Waals surface area contributed by atoms with Gasteiger partial charge in [0.1, 0.15) is 46.6 Å². The van der Waals surface area contributed by atoms with Gasteiger partial charge in [-0.1, -0.05) is 48.0 Å². The Kier molecular flexibility index (Phi) is 30.3. The van der Waals surface area contributed by atoms with Crippen molar-refractivity contribution in [3.05, 3.63) is 285 Å². The zero-order valence-electron chi connectivity index (χ0n) is 72.8. The minimum absolute atomic E-state index is 0.00749. The van der Waals surface area contributed by atoms with E-state index in [1.807, 2.05) is 25.1 Å². The molecule has 0 saturated carbocycles. The SMILES string of the molecule is Cc1ccc2c(c1)CC(=O)CN2C(=O)CCc1c(C)nc(C)[nH]c1=O.Cc1nc(C(F)(F)F)c(CCC(=O)N2CC(=O)Cc3c(F)cccc32)c(=O)[nH]1.Cc1nc(C(F)(F)F)c(CCC(=O)N2CC(=O)Cc3ccccc32)c(=O)[nH]1.Cc1nc(C)c(CCC(=O)N2CC(=O)Cc3c(F)cccc32)c(=O)[nH]1.Cc1nc(C)c(CCC(=O)N2CC(=O)Cc3cc(F)c(C)cc32)c(=O)[nH]1. The predicted octanol–water partition coefficient (Wildman–Crippen LogP) is 9.84. The van der Waals surface area contributed by atoms with E-state index in [1.54, 1.807) is 84.9 Å². The third-order valence-electron chi connectivity index (χ3n) is 22.1. The number of ketones is 5. The molecule has 39 heteroatoms. The Morgan fingerprint density at radius 2 is 0.603 bits per heavy atom. The molecule has 0 aliphatic carbocycles. The normalized spacial score (nSPS) is 13.9.